The van der Waals surface area contributed by atoms with Gasteiger partial charge in [0.2, 0.25) is 0 Å². The molecule has 0 radical (unpaired) electrons. The van der Waals surface area contributed by atoms with E-state index in [-0.39, 0.29) is 5.97 Å². The van der Waals surface area contributed by atoms with E-state index in [9.17, 15) is 4.79 Å². The van der Waals surface area contributed by atoms with Crippen molar-refractivity contribution >= 4 is 5.97 Å². The summed E-state index contributed by atoms with van der Waals surface area (Å²) in [5.41, 5.74) is 1.24. The first kappa shape index (κ1) is 14.6. The summed E-state index contributed by atoms with van der Waals surface area (Å²) in [5.74, 6) is 0.433. The molecule has 0 bridgehead atoms. The molecule has 0 aliphatic carbocycles. The van der Waals surface area contributed by atoms with Crippen LogP contribution in [0, 0.1) is 0 Å². The number of esters is 1. The first-order valence-electron chi connectivity index (χ1n) is 6.25. The first-order chi connectivity index (χ1) is 8.58. The van der Waals surface area contributed by atoms with Crippen molar-refractivity contribution in [2.45, 2.75) is 26.7 Å². The van der Waals surface area contributed by atoms with Gasteiger partial charge < -0.3 is 9.64 Å². The second-order valence-corrected chi connectivity index (χ2v) is 4.27. The van der Waals surface area contributed by atoms with Gasteiger partial charge in [-0.25, -0.2) is 14.8 Å². The summed E-state index contributed by atoms with van der Waals surface area (Å²) < 4.78 is 4.98. The minimum Gasteiger partial charge on any atom is -0.462 e. The van der Waals surface area contributed by atoms with Gasteiger partial charge in [-0.3, -0.25) is 0 Å². The van der Waals surface area contributed by atoms with Crippen LogP contribution in [0.2, 0.25) is 0 Å². The van der Waals surface area contributed by atoms with E-state index >= 15 is 0 Å². The minimum atomic E-state index is -0.339. The number of hydrogen-bond acceptors (Lipinski definition) is 5. The molecule has 0 aliphatic rings. The van der Waals surface area contributed by atoms with Gasteiger partial charge in [-0.05, 0) is 27.4 Å². The minimum absolute atomic E-state index is 0.339. The van der Waals surface area contributed by atoms with Crippen molar-refractivity contribution in [1.29, 1.82) is 0 Å². The normalized spacial score (nSPS) is 10.7. The van der Waals surface area contributed by atoms with E-state index in [1.807, 2.05) is 21.0 Å². The van der Waals surface area contributed by atoms with Gasteiger partial charge in [0.05, 0.1) is 17.9 Å². The van der Waals surface area contributed by atoms with Crippen LogP contribution in [-0.2, 0) is 17.6 Å². The van der Waals surface area contributed by atoms with Crippen LogP contribution in [0.25, 0.3) is 0 Å². The number of aromatic nitrogens is 2. The summed E-state index contributed by atoms with van der Waals surface area (Å²) in [6, 6.07) is 0. The Labute approximate surface area is 108 Å². The highest BCUT2D eigenvalue weighted by atomic mass is 16.5. The Morgan fingerprint density at radius 2 is 2.11 bits per heavy atom. The van der Waals surface area contributed by atoms with E-state index in [4.69, 9.17) is 4.74 Å². The lowest BCUT2D eigenvalue weighted by Crippen LogP contribution is -2.18. The molecule has 0 saturated heterocycles. The molecule has 0 atom stereocenters. The smallest absolute Gasteiger partial charge is 0.341 e. The third-order valence-corrected chi connectivity index (χ3v) is 2.53. The number of nitrogens with zero attached hydrogens (tertiary/aromatic N) is 3. The molecule has 0 fully saturated rings. The predicted octanol–water partition coefficient (Wildman–Crippen LogP) is 1.32. The number of carbonyl (C=O) groups excluding carboxylic acids is 1. The summed E-state index contributed by atoms with van der Waals surface area (Å²) in [4.78, 5) is 22.4. The predicted molar refractivity (Wildman–Crippen MR) is 69.6 cm³/mol. The van der Waals surface area contributed by atoms with E-state index in [0.717, 1.165) is 24.5 Å². The molecule has 0 unspecified atom stereocenters. The zero-order valence-corrected chi connectivity index (χ0v) is 11.6. The van der Waals surface area contributed by atoms with E-state index in [0.29, 0.717) is 18.6 Å². The van der Waals surface area contributed by atoms with Gasteiger partial charge in [0.25, 0.3) is 0 Å². The third-order valence-electron chi connectivity index (χ3n) is 2.53. The molecule has 0 amide bonds. The maximum absolute atomic E-state index is 11.7. The Bertz CT molecular complexity index is 405. The van der Waals surface area contributed by atoms with Crippen molar-refractivity contribution in [3.63, 3.8) is 0 Å². The molecule has 18 heavy (non-hydrogen) atoms. The average Bonchev–Trinajstić information content (AvgIpc) is 2.36. The lowest BCUT2D eigenvalue weighted by molar-refractivity contribution is 0.0524. The number of ether oxygens (including phenoxy) is 1. The Hall–Kier alpha value is -1.49. The fraction of sp³-hybridized carbons (Fsp3) is 0.615. The maximum atomic E-state index is 11.7. The molecule has 0 N–H and O–H groups in total. The van der Waals surface area contributed by atoms with E-state index in [1.165, 1.54) is 0 Å². The molecular formula is C13H21N3O2. The SMILES string of the molecule is CCOC(=O)c1cnc(CCN(C)C)nc1CC. The van der Waals surface area contributed by atoms with E-state index < -0.39 is 0 Å². The third kappa shape index (κ3) is 4.07. The lowest BCUT2D eigenvalue weighted by Gasteiger charge is -2.10. The standard InChI is InChI=1S/C13H21N3O2/c1-5-11-10(13(17)18-6-2)9-14-12(15-11)7-8-16(3)4/h9H,5-8H2,1-4H3. The molecule has 0 aliphatic heterocycles. The van der Waals surface area contributed by atoms with Crippen LogP contribution >= 0.6 is 0 Å². The van der Waals surface area contributed by atoms with Gasteiger partial charge in [-0.15, -0.1) is 0 Å². The zero-order chi connectivity index (χ0) is 13.5. The Morgan fingerprint density at radius 1 is 1.39 bits per heavy atom. The van der Waals surface area contributed by atoms with Gasteiger partial charge in [0.15, 0.2) is 0 Å². The van der Waals surface area contributed by atoms with Crippen molar-refractivity contribution in [2.24, 2.45) is 0 Å². The molecule has 1 rings (SSSR count). The Kier molecular flexibility index (Phi) is 5.71. The zero-order valence-electron chi connectivity index (χ0n) is 11.6. The van der Waals surface area contributed by atoms with Gasteiger partial charge >= 0.3 is 5.97 Å². The number of aryl methyl sites for hydroxylation is 1. The highest BCUT2D eigenvalue weighted by Gasteiger charge is 2.14. The molecule has 5 nitrogen and oxygen atoms in total. The van der Waals surface area contributed by atoms with Crippen LogP contribution in [0.15, 0.2) is 6.20 Å². The molecule has 0 aromatic carbocycles. The fourth-order valence-electron chi connectivity index (χ4n) is 1.55. The van der Waals surface area contributed by atoms with Crippen molar-refractivity contribution in [2.75, 3.05) is 27.2 Å². The lowest BCUT2D eigenvalue weighted by atomic mass is 10.2. The van der Waals surface area contributed by atoms with Crippen LogP contribution in [0.1, 0.15) is 35.7 Å². The van der Waals surface area contributed by atoms with E-state index in [2.05, 4.69) is 14.9 Å². The molecule has 0 spiro atoms. The number of likely N-dealkylation sites (N-methyl/N-ethyl adjacent to an activating group) is 1. The van der Waals surface area contributed by atoms with E-state index in [1.54, 1.807) is 13.1 Å². The van der Waals surface area contributed by atoms with Crippen LogP contribution in [0.5, 0.6) is 0 Å². The van der Waals surface area contributed by atoms with Gasteiger partial charge in [0, 0.05) is 19.2 Å². The summed E-state index contributed by atoms with van der Waals surface area (Å²) in [6.45, 7) is 5.02. The summed E-state index contributed by atoms with van der Waals surface area (Å²) in [7, 11) is 4.02. The number of rotatable bonds is 6. The second-order valence-electron chi connectivity index (χ2n) is 4.27. The number of carbonyl (C=O) groups is 1. The van der Waals surface area contributed by atoms with Crippen LogP contribution < -0.4 is 0 Å². The first-order valence-corrected chi connectivity index (χ1v) is 6.25. The largest absolute Gasteiger partial charge is 0.462 e. The van der Waals surface area contributed by atoms with Gasteiger partial charge in [-0.1, -0.05) is 6.92 Å². The highest BCUT2D eigenvalue weighted by Crippen LogP contribution is 2.09. The molecule has 1 aromatic rings. The van der Waals surface area contributed by atoms with Gasteiger partial charge in [0.1, 0.15) is 5.82 Å². The number of hydrogen-bond donors (Lipinski definition) is 0. The van der Waals surface area contributed by atoms with Crippen molar-refractivity contribution in [1.82, 2.24) is 14.9 Å². The molecule has 1 heterocycles. The monoisotopic (exact) mass is 251 g/mol. The van der Waals surface area contributed by atoms with Crippen LogP contribution in [0.3, 0.4) is 0 Å². The molecule has 1 aromatic heterocycles. The fourth-order valence-corrected chi connectivity index (χ4v) is 1.55. The van der Waals surface area contributed by atoms with Crippen LogP contribution in [-0.4, -0.2) is 48.1 Å². The molecule has 100 valence electrons. The van der Waals surface area contributed by atoms with Gasteiger partial charge in [-0.2, -0.15) is 0 Å². The molecule has 5 heteroatoms. The average molecular weight is 251 g/mol. The second kappa shape index (κ2) is 7.06. The Balaban J connectivity index is 2.86. The van der Waals surface area contributed by atoms with Crippen LogP contribution in [0.4, 0.5) is 0 Å². The van der Waals surface area contributed by atoms with Crippen molar-refractivity contribution < 1.29 is 9.53 Å². The maximum Gasteiger partial charge on any atom is 0.341 e. The summed E-state index contributed by atoms with van der Waals surface area (Å²) in [5, 5.41) is 0. The summed E-state index contributed by atoms with van der Waals surface area (Å²) >= 11 is 0. The summed E-state index contributed by atoms with van der Waals surface area (Å²) in [6.07, 6.45) is 3.06. The van der Waals surface area contributed by atoms with Crippen molar-refractivity contribution in [3.8, 4) is 0 Å². The quantitative estimate of drug-likeness (QED) is 0.714. The highest BCUT2D eigenvalue weighted by molar-refractivity contribution is 5.90. The Morgan fingerprint density at radius 3 is 2.67 bits per heavy atom. The topological polar surface area (TPSA) is 55.3 Å². The molecular weight excluding hydrogens is 230 g/mol. The van der Waals surface area contributed by atoms with Crippen molar-refractivity contribution in [3.05, 3.63) is 23.3 Å². The molecule has 0 saturated carbocycles.